The summed E-state index contributed by atoms with van der Waals surface area (Å²) in [6.07, 6.45) is 4.61. The first-order valence-corrected chi connectivity index (χ1v) is 6.19. The summed E-state index contributed by atoms with van der Waals surface area (Å²) in [5.74, 6) is 1.02. The van der Waals surface area contributed by atoms with E-state index in [1.807, 2.05) is 0 Å². The van der Waals surface area contributed by atoms with E-state index in [9.17, 15) is 0 Å². The molecule has 0 atom stereocenters. The van der Waals surface area contributed by atoms with Crippen molar-refractivity contribution < 1.29 is 5.11 Å². The predicted molar refractivity (Wildman–Crippen MR) is 65.9 cm³/mol. The molecule has 0 amide bonds. The number of aryl methyl sites for hydroxylation is 2. The van der Waals surface area contributed by atoms with Crippen LogP contribution in [-0.4, -0.2) is 29.8 Å². The first kappa shape index (κ1) is 11.4. The molecule has 3 nitrogen and oxygen atoms in total. The highest BCUT2D eigenvalue weighted by molar-refractivity contribution is 5.43. The van der Waals surface area contributed by atoms with E-state index in [0.717, 1.165) is 25.2 Å². The third-order valence-electron chi connectivity index (χ3n) is 3.10. The minimum atomic E-state index is 0.193. The number of aliphatic hydroxyl groups is 1. The van der Waals surface area contributed by atoms with Gasteiger partial charge < -0.3 is 10.0 Å². The molecule has 0 aliphatic heterocycles. The minimum Gasteiger partial charge on any atom is -0.395 e. The zero-order chi connectivity index (χ0) is 11.4. The molecule has 0 fully saturated rings. The third-order valence-corrected chi connectivity index (χ3v) is 3.10. The summed E-state index contributed by atoms with van der Waals surface area (Å²) in [5.41, 5.74) is 2.67. The highest BCUT2D eigenvalue weighted by Gasteiger charge is 2.14. The highest BCUT2D eigenvalue weighted by Crippen LogP contribution is 2.23. The summed E-state index contributed by atoms with van der Waals surface area (Å²) < 4.78 is 0. The molecule has 0 spiro atoms. The first-order chi connectivity index (χ1) is 7.85. The molecule has 16 heavy (non-hydrogen) atoms. The lowest BCUT2D eigenvalue weighted by molar-refractivity contribution is 0.301. The van der Waals surface area contributed by atoms with Crippen molar-refractivity contribution in [1.82, 2.24) is 4.98 Å². The molecule has 0 saturated heterocycles. The largest absolute Gasteiger partial charge is 0.395 e. The molecule has 1 heterocycles. The van der Waals surface area contributed by atoms with E-state index in [-0.39, 0.29) is 6.61 Å². The molecule has 0 radical (unpaired) electrons. The van der Waals surface area contributed by atoms with Crippen LogP contribution in [-0.2, 0) is 12.8 Å². The van der Waals surface area contributed by atoms with Gasteiger partial charge in [0.05, 0.1) is 6.61 Å². The molecular weight excluding hydrogens is 200 g/mol. The number of fused-ring (bicyclic) bond motifs is 1. The Balaban J connectivity index is 2.17. The fourth-order valence-corrected chi connectivity index (χ4v) is 2.32. The normalized spacial score (nSPS) is 13.9. The number of nitrogens with zero attached hydrogens (tertiary/aromatic N) is 2. The van der Waals surface area contributed by atoms with Crippen LogP contribution < -0.4 is 4.90 Å². The van der Waals surface area contributed by atoms with E-state index in [0.29, 0.717) is 6.54 Å². The van der Waals surface area contributed by atoms with Gasteiger partial charge in [-0.15, -0.1) is 0 Å². The maximum atomic E-state index is 9.05. The van der Waals surface area contributed by atoms with Gasteiger partial charge in [0.25, 0.3) is 0 Å². The molecule has 1 aromatic rings. The van der Waals surface area contributed by atoms with Crippen molar-refractivity contribution in [3.05, 3.63) is 23.4 Å². The Hall–Kier alpha value is -1.09. The van der Waals surface area contributed by atoms with Crippen molar-refractivity contribution in [3.63, 3.8) is 0 Å². The van der Waals surface area contributed by atoms with Gasteiger partial charge in [-0.05, 0) is 37.3 Å². The minimum absolute atomic E-state index is 0.193. The van der Waals surface area contributed by atoms with Crippen LogP contribution >= 0.6 is 0 Å². The van der Waals surface area contributed by atoms with Crippen LogP contribution in [0.5, 0.6) is 0 Å². The molecule has 0 aromatic carbocycles. The summed E-state index contributed by atoms with van der Waals surface area (Å²) in [5, 5.41) is 9.05. The average molecular weight is 220 g/mol. The number of rotatable bonds is 5. The molecule has 3 heteroatoms. The Morgan fingerprint density at radius 2 is 2.19 bits per heavy atom. The van der Waals surface area contributed by atoms with Crippen molar-refractivity contribution >= 4 is 5.82 Å². The zero-order valence-electron chi connectivity index (χ0n) is 9.95. The van der Waals surface area contributed by atoms with Gasteiger partial charge in [-0.25, -0.2) is 4.98 Å². The Bertz CT molecular complexity index is 346. The molecule has 0 saturated carbocycles. The van der Waals surface area contributed by atoms with Crippen molar-refractivity contribution in [1.29, 1.82) is 0 Å². The van der Waals surface area contributed by atoms with E-state index in [2.05, 4.69) is 24.0 Å². The van der Waals surface area contributed by atoms with Gasteiger partial charge in [-0.3, -0.25) is 0 Å². The third kappa shape index (κ3) is 2.35. The summed E-state index contributed by atoms with van der Waals surface area (Å²) in [4.78, 5) is 6.87. The number of aromatic nitrogens is 1. The van der Waals surface area contributed by atoms with Crippen LogP contribution in [0.25, 0.3) is 0 Å². The summed E-state index contributed by atoms with van der Waals surface area (Å²) in [6, 6.07) is 4.29. The van der Waals surface area contributed by atoms with Gasteiger partial charge in [0, 0.05) is 18.8 Å². The van der Waals surface area contributed by atoms with Crippen LogP contribution in [0.1, 0.15) is 31.0 Å². The fraction of sp³-hybridized carbons (Fsp3) is 0.615. The molecule has 2 rings (SSSR count). The summed E-state index contributed by atoms with van der Waals surface area (Å²) >= 11 is 0. The maximum Gasteiger partial charge on any atom is 0.128 e. The smallest absolute Gasteiger partial charge is 0.128 e. The molecule has 1 aliphatic rings. The highest BCUT2D eigenvalue weighted by atomic mass is 16.3. The Morgan fingerprint density at radius 1 is 1.31 bits per heavy atom. The lowest BCUT2D eigenvalue weighted by atomic mass is 10.2. The SMILES string of the molecule is CCCN(CCO)c1ccc2c(n1)CCC2. The monoisotopic (exact) mass is 220 g/mol. The quantitative estimate of drug-likeness (QED) is 0.821. The van der Waals surface area contributed by atoms with Crippen molar-refractivity contribution in [2.24, 2.45) is 0 Å². The van der Waals surface area contributed by atoms with E-state index >= 15 is 0 Å². The van der Waals surface area contributed by atoms with E-state index < -0.39 is 0 Å². The molecule has 88 valence electrons. The standard InChI is InChI=1S/C13H20N2O/c1-2-8-15(9-10-16)13-7-6-11-4-3-5-12(11)14-13/h6-7,16H,2-5,8-10H2,1H3. The number of hydrogen-bond acceptors (Lipinski definition) is 3. The van der Waals surface area contributed by atoms with Gasteiger partial charge in [0.15, 0.2) is 0 Å². The van der Waals surface area contributed by atoms with E-state index in [4.69, 9.17) is 10.1 Å². The molecule has 1 aliphatic carbocycles. The second-order valence-electron chi connectivity index (χ2n) is 4.34. The van der Waals surface area contributed by atoms with Crippen LogP contribution in [0.3, 0.4) is 0 Å². The van der Waals surface area contributed by atoms with Crippen LogP contribution in [0.4, 0.5) is 5.82 Å². The number of pyridine rings is 1. The molecular formula is C13H20N2O. The van der Waals surface area contributed by atoms with Gasteiger partial charge in [0.2, 0.25) is 0 Å². The van der Waals surface area contributed by atoms with Crippen molar-refractivity contribution in [2.75, 3.05) is 24.6 Å². The second-order valence-corrected chi connectivity index (χ2v) is 4.34. The molecule has 0 bridgehead atoms. The number of anilines is 1. The maximum absolute atomic E-state index is 9.05. The van der Waals surface area contributed by atoms with Gasteiger partial charge in [-0.1, -0.05) is 13.0 Å². The molecule has 1 N–H and O–H groups in total. The van der Waals surface area contributed by atoms with E-state index in [1.165, 1.54) is 24.1 Å². The topological polar surface area (TPSA) is 36.4 Å². The van der Waals surface area contributed by atoms with Crippen molar-refractivity contribution in [3.8, 4) is 0 Å². The van der Waals surface area contributed by atoms with Gasteiger partial charge >= 0.3 is 0 Å². The Kier molecular flexibility index (Phi) is 3.78. The fourth-order valence-electron chi connectivity index (χ4n) is 2.32. The summed E-state index contributed by atoms with van der Waals surface area (Å²) in [6.45, 7) is 3.99. The number of hydrogen-bond donors (Lipinski definition) is 1. The predicted octanol–water partition coefficient (Wildman–Crippen LogP) is 1.78. The van der Waals surface area contributed by atoms with Gasteiger partial charge in [-0.2, -0.15) is 0 Å². The second kappa shape index (κ2) is 5.30. The van der Waals surface area contributed by atoms with Crippen LogP contribution in [0.15, 0.2) is 12.1 Å². The lowest BCUT2D eigenvalue weighted by Gasteiger charge is -2.22. The Labute approximate surface area is 97.1 Å². The van der Waals surface area contributed by atoms with Gasteiger partial charge in [0.1, 0.15) is 5.82 Å². The number of aliphatic hydroxyl groups excluding tert-OH is 1. The first-order valence-electron chi connectivity index (χ1n) is 6.19. The summed E-state index contributed by atoms with van der Waals surface area (Å²) in [7, 11) is 0. The Morgan fingerprint density at radius 3 is 2.94 bits per heavy atom. The molecule has 1 aromatic heterocycles. The van der Waals surface area contributed by atoms with E-state index in [1.54, 1.807) is 0 Å². The van der Waals surface area contributed by atoms with Crippen LogP contribution in [0, 0.1) is 0 Å². The molecule has 0 unspecified atom stereocenters. The van der Waals surface area contributed by atoms with Crippen molar-refractivity contribution in [2.45, 2.75) is 32.6 Å². The zero-order valence-corrected chi connectivity index (χ0v) is 9.95. The average Bonchev–Trinajstić information content (AvgIpc) is 2.75. The lowest BCUT2D eigenvalue weighted by Crippen LogP contribution is -2.28. The van der Waals surface area contributed by atoms with Crippen LogP contribution in [0.2, 0.25) is 0 Å².